The van der Waals surface area contributed by atoms with Gasteiger partial charge < -0.3 is 10.2 Å². The third kappa shape index (κ3) is 2.50. The van der Waals surface area contributed by atoms with Crippen LogP contribution in [0.1, 0.15) is 25.5 Å². The zero-order valence-corrected chi connectivity index (χ0v) is 10.3. The van der Waals surface area contributed by atoms with Crippen LogP contribution in [0.15, 0.2) is 12.4 Å². The van der Waals surface area contributed by atoms with Crippen LogP contribution >= 0.6 is 0 Å². The molecule has 1 aromatic rings. The van der Waals surface area contributed by atoms with E-state index >= 15 is 0 Å². The van der Waals surface area contributed by atoms with Crippen molar-refractivity contribution in [1.29, 1.82) is 0 Å². The zero-order valence-electron chi connectivity index (χ0n) is 10.3. The molecule has 2 heterocycles. The van der Waals surface area contributed by atoms with Crippen LogP contribution < -0.4 is 5.32 Å². The fourth-order valence-corrected chi connectivity index (χ4v) is 2.16. The molecule has 0 amide bonds. The Hall–Kier alpha value is -1.16. The lowest BCUT2D eigenvalue weighted by Crippen LogP contribution is -2.42. The number of hydrogen-bond donors (Lipinski definition) is 1. The summed E-state index contributed by atoms with van der Waals surface area (Å²) in [5, 5.41) is 3.50. The van der Waals surface area contributed by atoms with Crippen LogP contribution in [0, 0.1) is 6.92 Å². The maximum Gasteiger partial charge on any atom is 0.147 e. The summed E-state index contributed by atoms with van der Waals surface area (Å²) in [4.78, 5) is 11.0. The Kier molecular flexibility index (Phi) is 3.39. The quantitative estimate of drug-likeness (QED) is 0.823. The van der Waals surface area contributed by atoms with Gasteiger partial charge in [0.05, 0.1) is 5.69 Å². The van der Waals surface area contributed by atoms with Crippen LogP contribution in [0.2, 0.25) is 0 Å². The van der Waals surface area contributed by atoms with E-state index in [0.717, 1.165) is 18.1 Å². The molecule has 2 unspecified atom stereocenters. The van der Waals surface area contributed by atoms with E-state index in [1.54, 1.807) is 12.4 Å². The summed E-state index contributed by atoms with van der Waals surface area (Å²) in [6.07, 6.45) is 5.83. The van der Waals surface area contributed by atoms with Crippen molar-refractivity contribution in [3.63, 3.8) is 0 Å². The molecule has 88 valence electrons. The first-order chi connectivity index (χ1) is 7.66. The summed E-state index contributed by atoms with van der Waals surface area (Å²) in [6.45, 7) is 5.42. The molecule has 4 heteroatoms. The fourth-order valence-electron chi connectivity index (χ4n) is 2.16. The molecule has 2 rings (SSSR count). The molecule has 1 saturated heterocycles. The minimum Gasteiger partial charge on any atom is -0.366 e. The van der Waals surface area contributed by atoms with Crippen molar-refractivity contribution in [3.8, 4) is 0 Å². The van der Waals surface area contributed by atoms with Gasteiger partial charge in [0.2, 0.25) is 0 Å². The molecule has 0 spiro atoms. The maximum absolute atomic E-state index is 4.33. The van der Waals surface area contributed by atoms with Gasteiger partial charge in [-0.2, -0.15) is 0 Å². The predicted octanol–water partition coefficient (Wildman–Crippen LogP) is 1.68. The molecule has 0 aromatic carbocycles. The third-order valence-electron chi connectivity index (χ3n) is 3.43. The molecule has 1 N–H and O–H groups in total. The Bertz CT molecular complexity index is 353. The third-order valence-corrected chi connectivity index (χ3v) is 3.43. The molecule has 1 fully saturated rings. The predicted molar refractivity (Wildman–Crippen MR) is 65.5 cm³/mol. The van der Waals surface area contributed by atoms with E-state index in [2.05, 4.69) is 34.2 Å². The van der Waals surface area contributed by atoms with Crippen LogP contribution in [0.25, 0.3) is 0 Å². The molecule has 1 aliphatic heterocycles. The highest BCUT2D eigenvalue weighted by Crippen LogP contribution is 2.19. The minimum absolute atomic E-state index is 0.529. The average molecular weight is 220 g/mol. The molecule has 16 heavy (non-hydrogen) atoms. The number of anilines is 1. The second-order valence-electron chi connectivity index (χ2n) is 4.69. The van der Waals surface area contributed by atoms with Gasteiger partial charge >= 0.3 is 0 Å². The van der Waals surface area contributed by atoms with Gasteiger partial charge in [0.1, 0.15) is 5.82 Å². The van der Waals surface area contributed by atoms with Gasteiger partial charge in [-0.15, -0.1) is 0 Å². The first-order valence-electron chi connectivity index (χ1n) is 5.91. The Labute approximate surface area is 97.1 Å². The van der Waals surface area contributed by atoms with Crippen LogP contribution in [-0.2, 0) is 0 Å². The van der Waals surface area contributed by atoms with Crippen molar-refractivity contribution in [2.45, 2.75) is 38.8 Å². The Morgan fingerprint density at radius 1 is 1.38 bits per heavy atom. The van der Waals surface area contributed by atoms with Gasteiger partial charge in [-0.25, -0.2) is 4.98 Å². The molecule has 0 saturated carbocycles. The highest BCUT2D eigenvalue weighted by molar-refractivity contribution is 5.39. The number of rotatable bonds is 2. The number of hydrogen-bond acceptors (Lipinski definition) is 4. The zero-order chi connectivity index (χ0) is 11.5. The lowest BCUT2D eigenvalue weighted by molar-refractivity contribution is 0.190. The van der Waals surface area contributed by atoms with Crippen LogP contribution in [-0.4, -0.2) is 40.5 Å². The smallest absolute Gasteiger partial charge is 0.147 e. The van der Waals surface area contributed by atoms with Crippen molar-refractivity contribution in [2.24, 2.45) is 0 Å². The molecule has 1 aliphatic rings. The van der Waals surface area contributed by atoms with Crippen molar-refractivity contribution in [3.05, 3.63) is 18.1 Å². The van der Waals surface area contributed by atoms with Crippen molar-refractivity contribution in [1.82, 2.24) is 14.9 Å². The number of aryl methyl sites for hydroxylation is 1. The van der Waals surface area contributed by atoms with Gasteiger partial charge in [-0.1, -0.05) is 0 Å². The van der Waals surface area contributed by atoms with Crippen LogP contribution in [0.4, 0.5) is 5.82 Å². The molecular weight excluding hydrogens is 200 g/mol. The molecule has 0 bridgehead atoms. The second-order valence-corrected chi connectivity index (χ2v) is 4.69. The maximum atomic E-state index is 4.33. The monoisotopic (exact) mass is 220 g/mol. The Morgan fingerprint density at radius 3 is 2.81 bits per heavy atom. The highest BCUT2D eigenvalue weighted by Gasteiger charge is 2.23. The fraction of sp³-hybridized carbons (Fsp3) is 0.667. The van der Waals surface area contributed by atoms with Gasteiger partial charge in [-0.05, 0) is 33.7 Å². The lowest BCUT2D eigenvalue weighted by atomic mass is 9.99. The minimum atomic E-state index is 0.529. The largest absolute Gasteiger partial charge is 0.366 e. The normalized spacial score (nSPS) is 26.7. The number of nitrogens with one attached hydrogen (secondary N) is 1. The first-order valence-corrected chi connectivity index (χ1v) is 5.91. The SMILES string of the molecule is Cc1nccnc1NC1CCN(C)C(C)C1. The second kappa shape index (κ2) is 4.78. The van der Waals surface area contributed by atoms with E-state index < -0.39 is 0 Å². The topological polar surface area (TPSA) is 41.1 Å². The van der Waals surface area contributed by atoms with Gasteiger partial charge in [0.25, 0.3) is 0 Å². The summed E-state index contributed by atoms with van der Waals surface area (Å²) in [6, 6.07) is 1.17. The van der Waals surface area contributed by atoms with Gasteiger partial charge in [0.15, 0.2) is 0 Å². The highest BCUT2D eigenvalue weighted by atomic mass is 15.2. The number of nitrogens with zero attached hydrogens (tertiary/aromatic N) is 3. The molecular formula is C12H20N4. The lowest BCUT2D eigenvalue weighted by Gasteiger charge is -2.35. The Balaban J connectivity index is 1.98. The van der Waals surface area contributed by atoms with E-state index in [-0.39, 0.29) is 0 Å². The number of likely N-dealkylation sites (tertiary alicyclic amines) is 1. The van der Waals surface area contributed by atoms with Crippen molar-refractivity contribution in [2.75, 3.05) is 18.9 Å². The molecule has 0 aliphatic carbocycles. The van der Waals surface area contributed by atoms with Crippen molar-refractivity contribution < 1.29 is 0 Å². The van der Waals surface area contributed by atoms with E-state index in [9.17, 15) is 0 Å². The summed E-state index contributed by atoms with van der Waals surface area (Å²) >= 11 is 0. The first kappa shape index (κ1) is 11.3. The van der Waals surface area contributed by atoms with E-state index in [4.69, 9.17) is 0 Å². The Morgan fingerprint density at radius 2 is 2.12 bits per heavy atom. The van der Waals surface area contributed by atoms with Gasteiger partial charge in [-0.3, -0.25) is 4.98 Å². The van der Waals surface area contributed by atoms with E-state index in [0.29, 0.717) is 12.1 Å². The van der Waals surface area contributed by atoms with E-state index in [1.807, 2.05) is 6.92 Å². The number of piperidine rings is 1. The summed E-state index contributed by atoms with van der Waals surface area (Å²) in [7, 11) is 2.19. The average Bonchev–Trinajstić information content (AvgIpc) is 2.27. The number of aromatic nitrogens is 2. The van der Waals surface area contributed by atoms with Crippen LogP contribution in [0.3, 0.4) is 0 Å². The standard InChI is InChI=1S/C12H20N4/c1-9-8-11(4-7-16(9)3)15-12-10(2)13-5-6-14-12/h5-6,9,11H,4,7-8H2,1-3H3,(H,14,15). The summed E-state index contributed by atoms with van der Waals surface area (Å²) < 4.78 is 0. The van der Waals surface area contributed by atoms with Gasteiger partial charge in [0, 0.05) is 31.0 Å². The molecule has 0 radical (unpaired) electrons. The van der Waals surface area contributed by atoms with Crippen molar-refractivity contribution >= 4 is 5.82 Å². The molecule has 2 atom stereocenters. The molecule has 4 nitrogen and oxygen atoms in total. The van der Waals surface area contributed by atoms with Crippen LogP contribution in [0.5, 0.6) is 0 Å². The van der Waals surface area contributed by atoms with E-state index in [1.165, 1.54) is 12.8 Å². The summed E-state index contributed by atoms with van der Waals surface area (Å²) in [5.41, 5.74) is 0.981. The molecule has 1 aromatic heterocycles. The summed E-state index contributed by atoms with van der Waals surface area (Å²) in [5.74, 6) is 0.934.